The molecule has 4 nitrogen and oxygen atoms in total. The van der Waals surface area contributed by atoms with E-state index in [0.29, 0.717) is 23.7 Å². The number of amides is 1. The van der Waals surface area contributed by atoms with E-state index in [9.17, 15) is 9.18 Å². The monoisotopic (exact) mass is 471 g/mol. The fourth-order valence-electron chi connectivity index (χ4n) is 4.83. The molecule has 0 bridgehead atoms. The van der Waals surface area contributed by atoms with Crippen molar-refractivity contribution >= 4 is 17.5 Å². The number of likely N-dealkylation sites (tertiary alicyclic amines) is 2. The molecule has 0 unspecified atom stereocenters. The number of rotatable bonds is 7. The molecule has 0 radical (unpaired) electrons. The van der Waals surface area contributed by atoms with Gasteiger partial charge in [0.15, 0.2) is 0 Å². The summed E-state index contributed by atoms with van der Waals surface area (Å²) in [6.07, 6.45) is 4.15. The Hall–Kier alpha value is -1.95. The molecule has 2 fully saturated rings. The summed E-state index contributed by atoms with van der Waals surface area (Å²) in [5, 5.41) is 3.57. The van der Waals surface area contributed by atoms with Gasteiger partial charge in [0.05, 0.1) is 0 Å². The SMILES string of the molecule is CC1CCN(Cc2ccc(CNC(=O)C3CCN(Cc4c(F)cccc4Cl)CC3)cc2)CC1. The number of piperidine rings is 2. The van der Waals surface area contributed by atoms with Gasteiger partial charge in [0.25, 0.3) is 0 Å². The second-order valence-electron chi connectivity index (χ2n) is 9.74. The van der Waals surface area contributed by atoms with Gasteiger partial charge in [-0.25, -0.2) is 4.39 Å². The van der Waals surface area contributed by atoms with Gasteiger partial charge in [0.1, 0.15) is 5.82 Å². The van der Waals surface area contributed by atoms with Crippen molar-refractivity contribution < 1.29 is 9.18 Å². The Bertz CT molecular complexity index is 899. The average Bonchev–Trinajstić information content (AvgIpc) is 2.83. The van der Waals surface area contributed by atoms with E-state index in [1.54, 1.807) is 12.1 Å². The van der Waals surface area contributed by atoms with E-state index in [1.165, 1.54) is 37.6 Å². The third-order valence-electron chi connectivity index (χ3n) is 7.17. The molecule has 1 N–H and O–H groups in total. The first-order valence-corrected chi connectivity index (χ1v) is 12.6. The lowest BCUT2D eigenvalue weighted by Crippen LogP contribution is -2.40. The average molecular weight is 472 g/mol. The molecular formula is C27H35ClFN3O. The van der Waals surface area contributed by atoms with Crippen molar-refractivity contribution in [3.63, 3.8) is 0 Å². The normalized spacial score (nSPS) is 19.0. The molecule has 6 heteroatoms. The molecule has 2 aliphatic rings. The highest BCUT2D eigenvalue weighted by Crippen LogP contribution is 2.24. The summed E-state index contributed by atoms with van der Waals surface area (Å²) in [5.41, 5.74) is 3.01. The summed E-state index contributed by atoms with van der Waals surface area (Å²) >= 11 is 6.16. The molecular weight excluding hydrogens is 437 g/mol. The maximum atomic E-state index is 14.1. The molecule has 2 heterocycles. The number of carbonyl (C=O) groups excluding carboxylic acids is 1. The highest BCUT2D eigenvalue weighted by molar-refractivity contribution is 6.31. The van der Waals surface area contributed by atoms with Crippen LogP contribution in [0.1, 0.15) is 49.3 Å². The smallest absolute Gasteiger partial charge is 0.223 e. The summed E-state index contributed by atoms with van der Waals surface area (Å²) in [4.78, 5) is 17.4. The number of hydrogen-bond acceptors (Lipinski definition) is 3. The Morgan fingerprint density at radius 1 is 0.939 bits per heavy atom. The quantitative estimate of drug-likeness (QED) is 0.599. The number of hydrogen-bond donors (Lipinski definition) is 1. The first kappa shape index (κ1) is 24.2. The van der Waals surface area contributed by atoms with Gasteiger partial charge in [-0.2, -0.15) is 0 Å². The second-order valence-corrected chi connectivity index (χ2v) is 10.2. The Labute approximate surface area is 202 Å². The van der Waals surface area contributed by atoms with Gasteiger partial charge in [0, 0.05) is 36.1 Å². The molecule has 1 amide bonds. The standard InChI is InChI=1S/C27H35ClFN3O/c1-20-9-13-31(14-10-20)18-22-7-5-21(6-8-22)17-30-27(33)23-11-15-32(16-12-23)19-24-25(28)3-2-4-26(24)29/h2-8,20,23H,9-19H2,1H3,(H,30,33). The van der Waals surface area contributed by atoms with E-state index in [2.05, 4.69) is 46.3 Å². The minimum Gasteiger partial charge on any atom is -0.352 e. The fraction of sp³-hybridized carbons (Fsp3) is 0.519. The van der Waals surface area contributed by atoms with Crippen LogP contribution in [0, 0.1) is 17.7 Å². The van der Waals surface area contributed by atoms with Gasteiger partial charge in [-0.15, -0.1) is 0 Å². The van der Waals surface area contributed by atoms with Crippen molar-refractivity contribution in [1.29, 1.82) is 0 Å². The third-order valence-corrected chi connectivity index (χ3v) is 7.53. The van der Waals surface area contributed by atoms with Gasteiger partial charge < -0.3 is 5.32 Å². The van der Waals surface area contributed by atoms with E-state index in [-0.39, 0.29) is 17.6 Å². The molecule has 0 aliphatic carbocycles. The number of benzene rings is 2. The van der Waals surface area contributed by atoms with Crippen molar-refractivity contribution in [2.24, 2.45) is 11.8 Å². The molecule has 2 aromatic carbocycles. The zero-order valence-electron chi connectivity index (χ0n) is 19.5. The zero-order valence-corrected chi connectivity index (χ0v) is 20.3. The largest absolute Gasteiger partial charge is 0.352 e. The Kier molecular flexibility index (Phi) is 8.39. The van der Waals surface area contributed by atoms with Crippen molar-refractivity contribution in [1.82, 2.24) is 15.1 Å². The van der Waals surface area contributed by atoms with Crippen molar-refractivity contribution in [3.05, 3.63) is 70.0 Å². The van der Waals surface area contributed by atoms with Gasteiger partial charge >= 0.3 is 0 Å². The van der Waals surface area contributed by atoms with Crippen molar-refractivity contribution in [2.45, 2.75) is 52.2 Å². The summed E-state index contributed by atoms with van der Waals surface area (Å²) < 4.78 is 14.1. The van der Waals surface area contributed by atoms with Crippen molar-refractivity contribution in [3.8, 4) is 0 Å². The predicted octanol–water partition coefficient (Wildman–Crippen LogP) is 5.24. The maximum absolute atomic E-state index is 14.1. The number of carbonyl (C=O) groups is 1. The molecule has 2 saturated heterocycles. The molecule has 2 aromatic rings. The summed E-state index contributed by atoms with van der Waals surface area (Å²) in [6, 6.07) is 13.4. The van der Waals surface area contributed by atoms with Crippen LogP contribution in [0.25, 0.3) is 0 Å². The summed E-state index contributed by atoms with van der Waals surface area (Å²) in [5.74, 6) is 0.715. The summed E-state index contributed by atoms with van der Waals surface area (Å²) in [7, 11) is 0. The van der Waals surface area contributed by atoms with Gasteiger partial charge in [-0.3, -0.25) is 14.6 Å². The topological polar surface area (TPSA) is 35.6 Å². The maximum Gasteiger partial charge on any atom is 0.223 e. The predicted molar refractivity (Wildman–Crippen MR) is 131 cm³/mol. The number of halogens is 2. The lowest BCUT2D eigenvalue weighted by atomic mass is 9.95. The van der Waals surface area contributed by atoms with Gasteiger partial charge in [-0.1, -0.05) is 48.9 Å². The van der Waals surface area contributed by atoms with Crippen molar-refractivity contribution in [2.75, 3.05) is 26.2 Å². The zero-order chi connectivity index (χ0) is 23.2. The van der Waals surface area contributed by atoms with Crippen LogP contribution in [0.5, 0.6) is 0 Å². The van der Waals surface area contributed by atoms with E-state index in [1.807, 2.05) is 0 Å². The van der Waals surface area contributed by atoms with Crippen LogP contribution >= 0.6 is 11.6 Å². The van der Waals surface area contributed by atoms with Crippen LogP contribution in [0.4, 0.5) is 4.39 Å². The molecule has 0 saturated carbocycles. The second kappa shape index (κ2) is 11.5. The Balaban J connectivity index is 1.19. The molecule has 0 aromatic heterocycles. The van der Waals surface area contributed by atoms with Gasteiger partial charge in [-0.05, 0) is 81.0 Å². The summed E-state index contributed by atoms with van der Waals surface area (Å²) in [6.45, 7) is 8.31. The molecule has 178 valence electrons. The molecule has 4 rings (SSSR count). The van der Waals surface area contributed by atoms with E-state index < -0.39 is 0 Å². The fourth-order valence-corrected chi connectivity index (χ4v) is 5.06. The van der Waals surface area contributed by atoms with Crippen LogP contribution in [-0.4, -0.2) is 41.9 Å². The van der Waals surface area contributed by atoms with Crippen LogP contribution in [0.3, 0.4) is 0 Å². The highest BCUT2D eigenvalue weighted by Gasteiger charge is 2.25. The lowest BCUT2D eigenvalue weighted by Gasteiger charge is -2.31. The first-order valence-electron chi connectivity index (χ1n) is 12.2. The highest BCUT2D eigenvalue weighted by atomic mass is 35.5. The molecule has 33 heavy (non-hydrogen) atoms. The van der Waals surface area contributed by atoms with E-state index >= 15 is 0 Å². The minimum absolute atomic E-state index is 0.0121. The first-order chi connectivity index (χ1) is 16.0. The van der Waals surface area contributed by atoms with E-state index in [4.69, 9.17) is 11.6 Å². The van der Waals surface area contributed by atoms with E-state index in [0.717, 1.165) is 44.0 Å². The van der Waals surface area contributed by atoms with Crippen LogP contribution in [-0.2, 0) is 24.4 Å². The minimum atomic E-state index is -0.265. The van der Waals surface area contributed by atoms with Gasteiger partial charge in [0.2, 0.25) is 5.91 Å². The lowest BCUT2D eigenvalue weighted by molar-refractivity contribution is -0.126. The van der Waals surface area contributed by atoms with Crippen LogP contribution in [0.2, 0.25) is 5.02 Å². The number of nitrogens with one attached hydrogen (secondary N) is 1. The van der Waals surface area contributed by atoms with Crippen LogP contribution < -0.4 is 5.32 Å². The Morgan fingerprint density at radius 2 is 1.55 bits per heavy atom. The Morgan fingerprint density at radius 3 is 2.21 bits per heavy atom. The molecule has 0 atom stereocenters. The number of nitrogens with zero attached hydrogens (tertiary/aromatic N) is 2. The third kappa shape index (κ3) is 6.78. The molecule has 2 aliphatic heterocycles. The van der Waals surface area contributed by atoms with Crippen LogP contribution in [0.15, 0.2) is 42.5 Å². The molecule has 0 spiro atoms.